The Labute approximate surface area is 187 Å². The molecule has 0 fully saturated rings. The van der Waals surface area contributed by atoms with Crippen LogP contribution in [-0.2, 0) is 12.8 Å². The van der Waals surface area contributed by atoms with E-state index in [1.54, 1.807) is 0 Å². The summed E-state index contributed by atoms with van der Waals surface area (Å²) in [6.07, 6.45) is -2.12. The third kappa shape index (κ3) is 6.43. The average molecular weight is 576 g/mol. The molecule has 3 rings (SSSR count). The van der Waals surface area contributed by atoms with Gasteiger partial charge >= 0.3 is 6.18 Å². The van der Waals surface area contributed by atoms with Crippen molar-refractivity contribution in [2.24, 2.45) is 5.10 Å². The maximum absolute atomic E-state index is 12.5. The van der Waals surface area contributed by atoms with Crippen molar-refractivity contribution in [1.29, 1.82) is 0 Å². The maximum Gasteiger partial charge on any atom is 0.417 e. The van der Waals surface area contributed by atoms with Crippen LogP contribution < -0.4 is 10.2 Å². The van der Waals surface area contributed by atoms with Gasteiger partial charge in [-0.15, -0.1) is 0 Å². The number of hydrogen-bond acceptors (Lipinski definition) is 4. The van der Waals surface area contributed by atoms with E-state index < -0.39 is 11.7 Å². The van der Waals surface area contributed by atoms with Crippen LogP contribution in [0.2, 0.25) is 0 Å². The zero-order valence-electron chi connectivity index (χ0n) is 14.8. The minimum atomic E-state index is -4.41. The van der Waals surface area contributed by atoms with Crippen molar-refractivity contribution < 1.29 is 17.9 Å². The number of rotatable bonds is 6. The standard InChI is InChI=1S/C20H14BrF3IN3O/c21-17-9-14(3-7-18(17)29-12-13-1-5-16(25)6-2-13)10-27-28-19-8-4-15(11-26-19)20(22,23)24/h1-11H,12H2,(H,26,28)/b27-10-. The van der Waals surface area contributed by atoms with Gasteiger partial charge in [0.2, 0.25) is 0 Å². The van der Waals surface area contributed by atoms with Gasteiger partial charge in [-0.05, 0) is 92.1 Å². The van der Waals surface area contributed by atoms with Crippen LogP contribution in [0.1, 0.15) is 16.7 Å². The third-order valence-electron chi connectivity index (χ3n) is 3.75. The van der Waals surface area contributed by atoms with Gasteiger partial charge in [0.05, 0.1) is 16.3 Å². The molecule has 0 bridgehead atoms. The topological polar surface area (TPSA) is 46.5 Å². The van der Waals surface area contributed by atoms with Crippen molar-refractivity contribution in [3.8, 4) is 5.75 Å². The molecular formula is C20H14BrF3IN3O. The lowest BCUT2D eigenvalue weighted by Gasteiger charge is -2.09. The first-order valence-corrected chi connectivity index (χ1v) is 10.2. The molecule has 1 heterocycles. The summed E-state index contributed by atoms with van der Waals surface area (Å²) in [5, 5.41) is 4.00. The van der Waals surface area contributed by atoms with Gasteiger partial charge in [-0.1, -0.05) is 12.1 Å². The van der Waals surface area contributed by atoms with E-state index in [0.717, 1.165) is 31.4 Å². The molecule has 1 N–H and O–H groups in total. The fourth-order valence-corrected chi connectivity index (χ4v) is 3.13. The van der Waals surface area contributed by atoms with Gasteiger partial charge in [-0.2, -0.15) is 18.3 Å². The molecule has 0 unspecified atom stereocenters. The molecular weight excluding hydrogens is 562 g/mol. The Hall–Kier alpha value is -2.14. The number of nitrogens with zero attached hydrogens (tertiary/aromatic N) is 2. The van der Waals surface area contributed by atoms with Gasteiger partial charge < -0.3 is 4.74 Å². The summed E-state index contributed by atoms with van der Waals surface area (Å²) < 4.78 is 45.3. The van der Waals surface area contributed by atoms with Crippen molar-refractivity contribution >= 4 is 50.6 Å². The summed E-state index contributed by atoms with van der Waals surface area (Å²) in [5.74, 6) is 0.906. The van der Waals surface area contributed by atoms with Crippen LogP contribution in [0.25, 0.3) is 0 Å². The number of anilines is 1. The molecule has 0 amide bonds. The first kappa shape index (κ1) is 21.6. The van der Waals surface area contributed by atoms with Gasteiger partial charge in [-0.3, -0.25) is 5.43 Å². The van der Waals surface area contributed by atoms with Crippen molar-refractivity contribution in [3.05, 3.63) is 85.5 Å². The van der Waals surface area contributed by atoms with E-state index in [-0.39, 0.29) is 5.82 Å². The molecule has 150 valence electrons. The van der Waals surface area contributed by atoms with Crippen LogP contribution in [-0.4, -0.2) is 11.2 Å². The molecule has 2 aromatic carbocycles. The molecule has 3 aromatic rings. The smallest absolute Gasteiger partial charge is 0.417 e. The highest BCUT2D eigenvalue weighted by Gasteiger charge is 2.30. The summed E-state index contributed by atoms with van der Waals surface area (Å²) in [7, 11) is 0. The normalized spacial score (nSPS) is 11.6. The van der Waals surface area contributed by atoms with E-state index in [1.807, 2.05) is 42.5 Å². The number of benzene rings is 2. The van der Waals surface area contributed by atoms with E-state index in [4.69, 9.17) is 4.74 Å². The van der Waals surface area contributed by atoms with Gasteiger partial charge in [0.25, 0.3) is 0 Å². The number of ether oxygens (including phenoxy) is 1. The van der Waals surface area contributed by atoms with Crippen molar-refractivity contribution in [3.63, 3.8) is 0 Å². The molecule has 29 heavy (non-hydrogen) atoms. The van der Waals surface area contributed by atoms with E-state index >= 15 is 0 Å². The Balaban J connectivity index is 1.57. The van der Waals surface area contributed by atoms with Crippen LogP contribution in [0.15, 0.2) is 70.4 Å². The highest BCUT2D eigenvalue weighted by atomic mass is 127. The Morgan fingerprint density at radius 3 is 2.48 bits per heavy atom. The van der Waals surface area contributed by atoms with Crippen molar-refractivity contribution in [1.82, 2.24) is 4.98 Å². The molecule has 0 saturated carbocycles. The summed E-state index contributed by atoms with van der Waals surface area (Å²) in [6, 6.07) is 15.7. The molecule has 0 aliphatic rings. The molecule has 4 nitrogen and oxygen atoms in total. The molecule has 1 aromatic heterocycles. The van der Waals surface area contributed by atoms with Crippen LogP contribution in [0, 0.1) is 3.57 Å². The molecule has 0 spiro atoms. The molecule has 0 aliphatic heterocycles. The number of hydrogen-bond donors (Lipinski definition) is 1. The maximum atomic E-state index is 12.5. The fourth-order valence-electron chi connectivity index (χ4n) is 2.26. The first-order valence-electron chi connectivity index (χ1n) is 8.30. The van der Waals surface area contributed by atoms with Gasteiger partial charge in [0, 0.05) is 9.77 Å². The van der Waals surface area contributed by atoms with Crippen molar-refractivity contribution in [2.75, 3.05) is 5.43 Å². The number of aromatic nitrogens is 1. The fraction of sp³-hybridized carbons (Fsp3) is 0.100. The summed E-state index contributed by atoms with van der Waals surface area (Å²) in [4.78, 5) is 3.69. The van der Waals surface area contributed by atoms with Crippen LogP contribution in [0.4, 0.5) is 19.0 Å². The number of pyridine rings is 1. The predicted octanol–water partition coefficient (Wildman–Crippen LogP) is 6.49. The highest BCUT2D eigenvalue weighted by molar-refractivity contribution is 14.1. The van der Waals surface area contributed by atoms with Crippen LogP contribution in [0.5, 0.6) is 5.75 Å². The first-order chi connectivity index (χ1) is 13.8. The lowest BCUT2D eigenvalue weighted by atomic mass is 10.2. The number of halogens is 5. The van der Waals surface area contributed by atoms with E-state index in [2.05, 4.69) is 54.0 Å². The van der Waals surface area contributed by atoms with Gasteiger partial charge in [0.1, 0.15) is 18.2 Å². The Bertz CT molecular complexity index is 993. The lowest BCUT2D eigenvalue weighted by molar-refractivity contribution is -0.137. The second-order valence-corrected chi connectivity index (χ2v) is 8.00. The highest BCUT2D eigenvalue weighted by Crippen LogP contribution is 2.29. The second-order valence-electron chi connectivity index (χ2n) is 5.90. The van der Waals surface area contributed by atoms with Gasteiger partial charge in [-0.25, -0.2) is 4.98 Å². The van der Waals surface area contributed by atoms with Gasteiger partial charge in [0.15, 0.2) is 0 Å². The largest absolute Gasteiger partial charge is 0.488 e. The Kier molecular flexibility index (Phi) is 7.12. The molecule has 0 radical (unpaired) electrons. The number of nitrogens with one attached hydrogen (secondary N) is 1. The number of hydrazone groups is 1. The minimum Gasteiger partial charge on any atom is -0.488 e. The zero-order valence-corrected chi connectivity index (χ0v) is 18.5. The lowest BCUT2D eigenvalue weighted by Crippen LogP contribution is -2.05. The molecule has 9 heteroatoms. The van der Waals surface area contributed by atoms with Crippen LogP contribution in [0.3, 0.4) is 0 Å². The zero-order chi connectivity index (χ0) is 20.9. The number of alkyl halides is 3. The van der Waals surface area contributed by atoms with Crippen molar-refractivity contribution in [2.45, 2.75) is 12.8 Å². The van der Waals surface area contributed by atoms with E-state index in [0.29, 0.717) is 12.4 Å². The average Bonchev–Trinajstić information content (AvgIpc) is 2.68. The Morgan fingerprint density at radius 2 is 1.86 bits per heavy atom. The SMILES string of the molecule is FC(F)(F)c1ccc(N/N=C\c2ccc(OCc3ccc(I)cc3)c(Br)c2)nc1. The predicted molar refractivity (Wildman–Crippen MR) is 118 cm³/mol. The third-order valence-corrected chi connectivity index (χ3v) is 5.09. The monoisotopic (exact) mass is 575 g/mol. The minimum absolute atomic E-state index is 0.214. The summed E-state index contributed by atoms with van der Waals surface area (Å²) in [5.41, 5.74) is 3.63. The quantitative estimate of drug-likeness (QED) is 0.207. The molecule has 0 saturated heterocycles. The second kappa shape index (κ2) is 9.57. The molecule has 0 atom stereocenters. The summed E-state index contributed by atoms with van der Waals surface area (Å²) in [6.45, 7) is 0.449. The Morgan fingerprint density at radius 1 is 1.10 bits per heavy atom. The molecule has 0 aliphatic carbocycles. The van der Waals surface area contributed by atoms with E-state index in [9.17, 15) is 13.2 Å². The summed E-state index contributed by atoms with van der Waals surface area (Å²) >= 11 is 5.72. The van der Waals surface area contributed by atoms with E-state index in [1.165, 1.54) is 12.3 Å². The van der Waals surface area contributed by atoms with Crippen LogP contribution >= 0.6 is 38.5 Å².